The van der Waals surface area contributed by atoms with Crippen LogP contribution < -0.4 is 5.32 Å². The zero-order valence-electron chi connectivity index (χ0n) is 11.0. The second kappa shape index (κ2) is 4.88. The number of hydrogen-bond donors (Lipinski definition) is 1. The summed E-state index contributed by atoms with van der Waals surface area (Å²) in [6.45, 7) is 5.45. The molecule has 1 saturated heterocycles. The van der Waals surface area contributed by atoms with E-state index in [-0.39, 0.29) is 5.82 Å². The van der Waals surface area contributed by atoms with Crippen molar-refractivity contribution in [1.29, 1.82) is 0 Å². The number of nitrogens with zero attached hydrogens (tertiary/aromatic N) is 1. The van der Waals surface area contributed by atoms with E-state index in [2.05, 4.69) is 23.2 Å². The van der Waals surface area contributed by atoms with Crippen molar-refractivity contribution in [3.05, 3.63) is 29.6 Å². The van der Waals surface area contributed by atoms with Crippen LogP contribution in [0, 0.1) is 11.7 Å². The van der Waals surface area contributed by atoms with Crippen LogP contribution in [0.1, 0.15) is 37.8 Å². The van der Waals surface area contributed by atoms with E-state index in [9.17, 15) is 4.39 Å². The Kier molecular flexibility index (Phi) is 3.25. The number of rotatable bonds is 1. The number of nitrogens with one attached hydrogen (secondary N) is 1. The molecule has 0 aromatic heterocycles. The van der Waals surface area contributed by atoms with Gasteiger partial charge in [-0.15, -0.1) is 0 Å². The van der Waals surface area contributed by atoms with Crippen LogP contribution in [0.25, 0.3) is 0 Å². The molecular weight excluding hydrogens is 227 g/mol. The van der Waals surface area contributed by atoms with Gasteiger partial charge in [0.05, 0.1) is 5.69 Å². The maximum absolute atomic E-state index is 13.9. The zero-order chi connectivity index (χ0) is 12.5. The lowest BCUT2D eigenvalue weighted by Gasteiger charge is -2.42. The fraction of sp³-hybridized carbons (Fsp3) is 0.600. The third kappa shape index (κ3) is 2.01. The maximum atomic E-state index is 13.9. The SMILES string of the molecule is CC1CNc2c(F)cccc2C1N1CCCCC1. The molecule has 2 aliphatic rings. The molecule has 2 heterocycles. The minimum Gasteiger partial charge on any atom is -0.382 e. The van der Waals surface area contributed by atoms with Crippen molar-refractivity contribution in [3.63, 3.8) is 0 Å². The van der Waals surface area contributed by atoms with Crippen molar-refractivity contribution in [3.8, 4) is 0 Å². The minimum absolute atomic E-state index is 0.110. The highest BCUT2D eigenvalue weighted by molar-refractivity contribution is 5.56. The Hall–Kier alpha value is -1.09. The van der Waals surface area contributed by atoms with E-state index in [1.165, 1.54) is 19.3 Å². The van der Waals surface area contributed by atoms with Crippen LogP contribution in [0.15, 0.2) is 18.2 Å². The molecule has 1 aromatic carbocycles. The molecule has 0 amide bonds. The molecule has 3 heteroatoms. The van der Waals surface area contributed by atoms with Gasteiger partial charge in [0.25, 0.3) is 0 Å². The Balaban J connectivity index is 1.96. The Labute approximate surface area is 108 Å². The lowest BCUT2D eigenvalue weighted by molar-refractivity contribution is 0.123. The Morgan fingerprint density at radius 2 is 2.00 bits per heavy atom. The fourth-order valence-corrected chi connectivity index (χ4v) is 3.41. The van der Waals surface area contributed by atoms with Gasteiger partial charge in [-0.25, -0.2) is 4.39 Å². The second-order valence-corrected chi connectivity index (χ2v) is 5.60. The van der Waals surface area contributed by atoms with E-state index in [0.29, 0.717) is 12.0 Å². The largest absolute Gasteiger partial charge is 0.382 e. The van der Waals surface area contributed by atoms with E-state index in [0.717, 1.165) is 30.9 Å². The molecule has 0 spiro atoms. The average molecular weight is 248 g/mol. The number of fused-ring (bicyclic) bond motifs is 1. The molecule has 2 unspecified atom stereocenters. The van der Waals surface area contributed by atoms with Gasteiger partial charge in [-0.1, -0.05) is 25.5 Å². The van der Waals surface area contributed by atoms with Gasteiger partial charge in [0.15, 0.2) is 0 Å². The lowest BCUT2D eigenvalue weighted by Crippen LogP contribution is -2.41. The van der Waals surface area contributed by atoms with Crippen LogP contribution in [0.3, 0.4) is 0 Å². The summed E-state index contributed by atoms with van der Waals surface area (Å²) in [6, 6.07) is 5.86. The monoisotopic (exact) mass is 248 g/mol. The summed E-state index contributed by atoms with van der Waals surface area (Å²) < 4.78 is 13.9. The third-order valence-electron chi connectivity index (χ3n) is 4.29. The molecule has 1 N–H and O–H groups in total. The highest BCUT2D eigenvalue weighted by Crippen LogP contribution is 2.39. The van der Waals surface area contributed by atoms with Crippen molar-refractivity contribution in [1.82, 2.24) is 4.90 Å². The molecule has 1 aromatic rings. The van der Waals surface area contributed by atoms with E-state index in [1.807, 2.05) is 6.07 Å². The molecule has 0 bridgehead atoms. The van der Waals surface area contributed by atoms with Gasteiger partial charge in [0, 0.05) is 12.6 Å². The predicted octanol–water partition coefficient (Wildman–Crippen LogP) is 3.41. The van der Waals surface area contributed by atoms with Crippen LogP contribution in [0.2, 0.25) is 0 Å². The highest BCUT2D eigenvalue weighted by atomic mass is 19.1. The van der Waals surface area contributed by atoms with E-state index < -0.39 is 0 Å². The lowest BCUT2D eigenvalue weighted by atomic mass is 9.87. The van der Waals surface area contributed by atoms with Gasteiger partial charge in [-0.3, -0.25) is 4.90 Å². The van der Waals surface area contributed by atoms with Crippen LogP contribution in [0.5, 0.6) is 0 Å². The summed E-state index contributed by atoms with van der Waals surface area (Å²) in [5.74, 6) is 0.429. The van der Waals surface area contributed by atoms with E-state index in [4.69, 9.17) is 0 Å². The molecule has 2 aliphatic heterocycles. The Morgan fingerprint density at radius 3 is 2.78 bits per heavy atom. The maximum Gasteiger partial charge on any atom is 0.146 e. The molecule has 0 aliphatic carbocycles. The number of halogens is 1. The number of piperidine rings is 1. The van der Waals surface area contributed by atoms with Crippen LogP contribution in [-0.4, -0.2) is 24.5 Å². The third-order valence-corrected chi connectivity index (χ3v) is 4.29. The summed E-state index contributed by atoms with van der Waals surface area (Å²) in [7, 11) is 0. The van der Waals surface area contributed by atoms with Gasteiger partial charge in [0.2, 0.25) is 0 Å². The first-order chi connectivity index (χ1) is 8.77. The predicted molar refractivity (Wildman–Crippen MR) is 72.2 cm³/mol. The number of likely N-dealkylation sites (tertiary alicyclic amines) is 1. The Morgan fingerprint density at radius 1 is 1.22 bits per heavy atom. The average Bonchev–Trinajstić information content (AvgIpc) is 2.40. The van der Waals surface area contributed by atoms with Crippen LogP contribution in [0.4, 0.5) is 10.1 Å². The van der Waals surface area contributed by atoms with Crippen molar-refractivity contribution < 1.29 is 4.39 Å². The summed E-state index contributed by atoms with van der Waals surface area (Å²) in [6.07, 6.45) is 3.90. The molecule has 1 fully saturated rings. The molecule has 18 heavy (non-hydrogen) atoms. The van der Waals surface area contributed by atoms with E-state index >= 15 is 0 Å². The first-order valence-electron chi connectivity index (χ1n) is 7.03. The smallest absolute Gasteiger partial charge is 0.146 e. The quantitative estimate of drug-likeness (QED) is 0.819. The van der Waals surface area contributed by atoms with Crippen molar-refractivity contribution in [2.24, 2.45) is 5.92 Å². The van der Waals surface area contributed by atoms with Crippen molar-refractivity contribution in [2.75, 3.05) is 25.0 Å². The normalized spacial score (nSPS) is 28.6. The van der Waals surface area contributed by atoms with Crippen molar-refractivity contribution >= 4 is 5.69 Å². The molecular formula is C15H21FN2. The molecule has 98 valence electrons. The number of para-hydroxylation sites is 1. The fourth-order valence-electron chi connectivity index (χ4n) is 3.41. The standard InChI is InChI=1S/C15H21FN2/c1-11-10-17-14-12(6-5-7-13(14)16)15(11)18-8-3-2-4-9-18/h5-7,11,15,17H,2-4,8-10H2,1H3. The van der Waals surface area contributed by atoms with Gasteiger partial charge in [-0.2, -0.15) is 0 Å². The number of anilines is 1. The Bertz CT molecular complexity index is 427. The number of hydrogen-bond acceptors (Lipinski definition) is 2. The summed E-state index contributed by atoms with van der Waals surface area (Å²) in [5.41, 5.74) is 1.88. The van der Waals surface area contributed by atoms with Gasteiger partial charge in [0.1, 0.15) is 5.82 Å². The summed E-state index contributed by atoms with van der Waals surface area (Å²) in [4.78, 5) is 2.55. The number of benzene rings is 1. The molecule has 0 radical (unpaired) electrons. The molecule has 0 saturated carbocycles. The highest BCUT2D eigenvalue weighted by Gasteiger charge is 2.32. The first kappa shape index (κ1) is 12.0. The summed E-state index contributed by atoms with van der Waals surface area (Å²) in [5, 5.41) is 3.25. The second-order valence-electron chi connectivity index (χ2n) is 5.60. The first-order valence-corrected chi connectivity index (χ1v) is 7.03. The topological polar surface area (TPSA) is 15.3 Å². The van der Waals surface area contributed by atoms with Gasteiger partial charge in [-0.05, 0) is 43.5 Å². The molecule has 2 nitrogen and oxygen atoms in total. The molecule has 2 atom stereocenters. The zero-order valence-corrected chi connectivity index (χ0v) is 11.0. The van der Waals surface area contributed by atoms with Crippen LogP contribution in [-0.2, 0) is 0 Å². The van der Waals surface area contributed by atoms with Gasteiger partial charge < -0.3 is 5.32 Å². The van der Waals surface area contributed by atoms with Crippen molar-refractivity contribution in [2.45, 2.75) is 32.2 Å². The minimum atomic E-state index is -0.110. The summed E-state index contributed by atoms with van der Waals surface area (Å²) >= 11 is 0. The molecule has 3 rings (SSSR count). The van der Waals surface area contributed by atoms with Gasteiger partial charge >= 0.3 is 0 Å². The van der Waals surface area contributed by atoms with E-state index in [1.54, 1.807) is 6.07 Å². The van der Waals surface area contributed by atoms with Crippen LogP contribution >= 0.6 is 0 Å².